The minimum absolute atomic E-state index is 0.458. The highest BCUT2D eigenvalue weighted by atomic mass is 16.4. The van der Waals surface area contributed by atoms with Crippen LogP contribution in [0.15, 0.2) is 53.1 Å². The third kappa shape index (κ3) is 3.29. The molecule has 4 nitrogen and oxygen atoms in total. The van der Waals surface area contributed by atoms with Gasteiger partial charge in [0.05, 0.1) is 18.8 Å². The molecule has 0 fully saturated rings. The van der Waals surface area contributed by atoms with Crippen LogP contribution in [0.4, 0.5) is 0 Å². The summed E-state index contributed by atoms with van der Waals surface area (Å²) in [5, 5.41) is 15.7. The third-order valence-electron chi connectivity index (χ3n) is 3.44. The molecule has 108 valence electrons. The summed E-state index contributed by atoms with van der Waals surface area (Å²) in [7, 11) is 0. The lowest BCUT2D eigenvalue weighted by atomic mass is 10.0. The van der Waals surface area contributed by atoms with Gasteiger partial charge in [-0.2, -0.15) is 0 Å². The molecule has 3 aromatic rings. The molecule has 1 aromatic heterocycles. The van der Waals surface area contributed by atoms with Gasteiger partial charge in [-0.15, -0.1) is 0 Å². The Morgan fingerprint density at radius 3 is 2.76 bits per heavy atom. The van der Waals surface area contributed by atoms with E-state index in [-0.39, 0.29) is 0 Å². The van der Waals surface area contributed by atoms with Crippen molar-refractivity contribution < 1.29 is 9.52 Å². The van der Waals surface area contributed by atoms with Crippen molar-refractivity contribution in [3.8, 4) is 0 Å². The largest absolute Gasteiger partial charge is 0.445 e. The first-order valence-electron chi connectivity index (χ1n) is 7.01. The number of hydrogen-bond acceptors (Lipinski definition) is 4. The van der Waals surface area contributed by atoms with E-state index in [2.05, 4.69) is 22.4 Å². The second kappa shape index (κ2) is 6.08. The Hall–Kier alpha value is -2.17. The maximum absolute atomic E-state index is 10.2. The molecule has 2 N–H and O–H groups in total. The van der Waals surface area contributed by atoms with Crippen molar-refractivity contribution in [1.82, 2.24) is 10.3 Å². The van der Waals surface area contributed by atoms with Crippen LogP contribution in [0.5, 0.6) is 0 Å². The van der Waals surface area contributed by atoms with Crippen molar-refractivity contribution in [3.05, 3.63) is 65.9 Å². The van der Waals surface area contributed by atoms with Crippen molar-refractivity contribution in [2.45, 2.75) is 19.6 Å². The molecule has 0 saturated carbocycles. The molecule has 0 saturated heterocycles. The Balaban J connectivity index is 1.62. The number of aromatic nitrogens is 1. The van der Waals surface area contributed by atoms with Crippen LogP contribution in [0.3, 0.4) is 0 Å². The van der Waals surface area contributed by atoms with E-state index >= 15 is 0 Å². The fourth-order valence-electron chi connectivity index (χ4n) is 2.33. The topological polar surface area (TPSA) is 58.3 Å². The lowest BCUT2D eigenvalue weighted by Crippen LogP contribution is -2.21. The smallest absolute Gasteiger partial charge is 0.208 e. The summed E-state index contributed by atoms with van der Waals surface area (Å²) in [6.07, 6.45) is 1.14. The van der Waals surface area contributed by atoms with E-state index in [4.69, 9.17) is 4.42 Å². The summed E-state index contributed by atoms with van der Waals surface area (Å²) in [5.74, 6) is 1.43. The molecule has 0 aliphatic carbocycles. The lowest BCUT2D eigenvalue weighted by Gasteiger charge is -2.12. The summed E-state index contributed by atoms with van der Waals surface area (Å²) in [4.78, 5) is 4.12. The average Bonchev–Trinajstić information content (AvgIpc) is 2.92. The molecular formula is C17H18N2O2. The maximum Gasteiger partial charge on any atom is 0.208 e. The summed E-state index contributed by atoms with van der Waals surface area (Å²) in [6.45, 7) is 2.83. The van der Waals surface area contributed by atoms with E-state index in [9.17, 15) is 5.11 Å². The summed E-state index contributed by atoms with van der Waals surface area (Å²) in [6, 6.07) is 14.1. The quantitative estimate of drug-likeness (QED) is 0.755. The lowest BCUT2D eigenvalue weighted by molar-refractivity contribution is 0.173. The third-order valence-corrected chi connectivity index (χ3v) is 3.44. The zero-order valence-corrected chi connectivity index (χ0v) is 11.9. The monoisotopic (exact) mass is 282 g/mol. The Morgan fingerprint density at radius 1 is 1.19 bits per heavy atom. The minimum atomic E-state index is -0.550. The SMILES string of the molecule is Cc1cnc(CNCC(O)c2ccc3ccccc3c2)o1. The first kappa shape index (κ1) is 13.8. The molecule has 0 spiro atoms. The summed E-state index contributed by atoms with van der Waals surface area (Å²) >= 11 is 0. The molecule has 4 heteroatoms. The van der Waals surface area contributed by atoms with Crippen LogP contribution < -0.4 is 5.32 Å². The van der Waals surface area contributed by atoms with Gasteiger partial charge in [-0.05, 0) is 29.3 Å². The van der Waals surface area contributed by atoms with Crippen LogP contribution in [0.2, 0.25) is 0 Å². The van der Waals surface area contributed by atoms with E-state index < -0.39 is 6.10 Å². The predicted molar refractivity (Wildman–Crippen MR) is 81.9 cm³/mol. The number of benzene rings is 2. The number of oxazole rings is 1. The molecule has 0 aliphatic heterocycles. The van der Waals surface area contributed by atoms with E-state index in [1.165, 1.54) is 5.39 Å². The van der Waals surface area contributed by atoms with Crippen LogP contribution in [0.25, 0.3) is 10.8 Å². The van der Waals surface area contributed by atoms with Crippen LogP contribution in [0, 0.1) is 6.92 Å². The highest BCUT2D eigenvalue weighted by Crippen LogP contribution is 2.20. The summed E-state index contributed by atoms with van der Waals surface area (Å²) < 4.78 is 5.37. The molecule has 0 bridgehead atoms. The molecule has 1 atom stereocenters. The van der Waals surface area contributed by atoms with Gasteiger partial charge >= 0.3 is 0 Å². The molecule has 21 heavy (non-hydrogen) atoms. The molecule has 1 unspecified atom stereocenters. The van der Waals surface area contributed by atoms with Gasteiger partial charge in [0.15, 0.2) is 0 Å². The second-order valence-electron chi connectivity index (χ2n) is 5.12. The number of nitrogens with zero attached hydrogens (tertiary/aromatic N) is 1. The number of rotatable bonds is 5. The maximum atomic E-state index is 10.2. The van der Waals surface area contributed by atoms with E-state index in [0.29, 0.717) is 19.0 Å². The van der Waals surface area contributed by atoms with Gasteiger partial charge in [0.1, 0.15) is 5.76 Å². The fourth-order valence-corrected chi connectivity index (χ4v) is 2.33. The predicted octanol–water partition coefficient (Wildman–Crippen LogP) is 2.96. The van der Waals surface area contributed by atoms with Crippen LogP contribution in [0.1, 0.15) is 23.3 Å². The Bertz CT molecular complexity index is 736. The molecule has 2 aromatic carbocycles. The van der Waals surface area contributed by atoms with E-state index in [1.807, 2.05) is 37.3 Å². The van der Waals surface area contributed by atoms with Gasteiger partial charge in [0.2, 0.25) is 5.89 Å². The normalized spacial score (nSPS) is 12.7. The van der Waals surface area contributed by atoms with Gasteiger partial charge in [-0.25, -0.2) is 4.98 Å². The molecular weight excluding hydrogens is 264 g/mol. The first-order valence-corrected chi connectivity index (χ1v) is 7.01. The standard InChI is InChI=1S/C17H18N2O2/c1-12-9-19-17(21-12)11-18-10-16(20)15-7-6-13-4-2-3-5-14(13)8-15/h2-9,16,18,20H,10-11H2,1H3. The molecule has 0 amide bonds. The van der Waals surface area contributed by atoms with E-state index in [0.717, 1.165) is 16.7 Å². The highest BCUT2D eigenvalue weighted by molar-refractivity contribution is 5.83. The zero-order valence-electron chi connectivity index (χ0n) is 11.9. The fraction of sp³-hybridized carbons (Fsp3) is 0.235. The number of fused-ring (bicyclic) bond motifs is 1. The van der Waals surface area contributed by atoms with Gasteiger partial charge in [0.25, 0.3) is 0 Å². The molecule has 0 radical (unpaired) electrons. The number of aliphatic hydroxyl groups excluding tert-OH is 1. The average molecular weight is 282 g/mol. The number of aryl methyl sites for hydroxylation is 1. The van der Waals surface area contributed by atoms with Gasteiger partial charge in [0, 0.05) is 6.54 Å². The van der Waals surface area contributed by atoms with Crippen molar-refractivity contribution in [1.29, 1.82) is 0 Å². The number of hydrogen-bond donors (Lipinski definition) is 2. The van der Waals surface area contributed by atoms with Crippen LogP contribution in [-0.4, -0.2) is 16.6 Å². The highest BCUT2D eigenvalue weighted by Gasteiger charge is 2.08. The second-order valence-corrected chi connectivity index (χ2v) is 5.12. The Kier molecular flexibility index (Phi) is 3.99. The van der Waals surface area contributed by atoms with Crippen molar-refractivity contribution in [2.24, 2.45) is 0 Å². The molecule has 0 aliphatic rings. The van der Waals surface area contributed by atoms with Gasteiger partial charge in [-0.1, -0.05) is 36.4 Å². The van der Waals surface area contributed by atoms with Crippen molar-refractivity contribution in [3.63, 3.8) is 0 Å². The minimum Gasteiger partial charge on any atom is -0.445 e. The number of nitrogens with one attached hydrogen (secondary N) is 1. The van der Waals surface area contributed by atoms with Gasteiger partial charge < -0.3 is 14.8 Å². The van der Waals surface area contributed by atoms with E-state index in [1.54, 1.807) is 6.20 Å². The Labute approximate surface area is 123 Å². The van der Waals surface area contributed by atoms with Crippen molar-refractivity contribution >= 4 is 10.8 Å². The zero-order chi connectivity index (χ0) is 14.7. The Morgan fingerprint density at radius 2 is 2.00 bits per heavy atom. The molecule has 1 heterocycles. The van der Waals surface area contributed by atoms with Crippen molar-refractivity contribution in [2.75, 3.05) is 6.54 Å². The van der Waals surface area contributed by atoms with Crippen LogP contribution in [-0.2, 0) is 6.54 Å². The van der Waals surface area contributed by atoms with Gasteiger partial charge in [-0.3, -0.25) is 0 Å². The molecule has 3 rings (SSSR count). The number of aliphatic hydroxyl groups is 1. The van der Waals surface area contributed by atoms with Crippen LogP contribution >= 0.6 is 0 Å². The first-order chi connectivity index (χ1) is 10.2. The summed E-state index contributed by atoms with van der Waals surface area (Å²) in [5.41, 5.74) is 0.907.